The molecule has 2 aromatic carbocycles. The van der Waals surface area contributed by atoms with Crippen LogP contribution in [0.1, 0.15) is 52.1 Å². The Morgan fingerprint density at radius 2 is 1.89 bits per heavy atom. The Hall–Kier alpha value is -3.03. The topological polar surface area (TPSA) is 49.6 Å². The first-order valence-electron chi connectivity index (χ1n) is 12.7. The van der Waals surface area contributed by atoms with Crippen LogP contribution in [0.3, 0.4) is 0 Å². The smallest absolute Gasteiger partial charge is 0.257 e. The van der Waals surface area contributed by atoms with Crippen molar-refractivity contribution >= 4 is 28.3 Å². The summed E-state index contributed by atoms with van der Waals surface area (Å²) in [7, 11) is 0. The summed E-state index contributed by atoms with van der Waals surface area (Å²) in [5.41, 5.74) is 4.47. The van der Waals surface area contributed by atoms with Gasteiger partial charge in [-0.05, 0) is 90.0 Å². The number of likely N-dealkylation sites (tertiary alicyclic amines) is 2. The van der Waals surface area contributed by atoms with Crippen LogP contribution in [-0.2, 0) is 0 Å². The van der Waals surface area contributed by atoms with Crippen molar-refractivity contribution in [3.63, 3.8) is 0 Å². The number of aromatic nitrogens is 1. The van der Waals surface area contributed by atoms with E-state index in [0.717, 1.165) is 51.1 Å². The van der Waals surface area contributed by atoms with Crippen LogP contribution in [0, 0.1) is 18.7 Å². The molecule has 186 valence electrons. The zero-order chi connectivity index (χ0) is 24.6. The lowest BCUT2D eigenvalue weighted by molar-refractivity contribution is 0.0782. The van der Waals surface area contributed by atoms with Crippen LogP contribution >= 0.6 is 11.3 Å². The van der Waals surface area contributed by atoms with Crippen LogP contribution in [0.2, 0.25) is 0 Å². The molecule has 2 fully saturated rings. The molecule has 6 rings (SSSR count). The molecule has 0 spiro atoms. The normalized spacial score (nSPS) is 21.4. The summed E-state index contributed by atoms with van der Waals surface area (Å²) >= 11 is 1.72. The van der Waals surface area contributed by atoms with Crippen LogP contribution in [-0.4, -0.2) is 53.4 Å². The van der Waals surface area contributed by atoms with Crippen molar-refractivity contribution < 1.29 is 13.6 Å². The number of nitrogens with zero attached hydrogens (tertiary/aromatic N) is 3. The third kappa shape index (κ3) is 4.58. The lowest BCUT2D eigenvalue weighted by Crippen LogP contribution is -2.38. The van der Waals surface area contributed by atoms with Crippen LogP contribution in [0.25, 0.3) is 11.1 Å². The summed E-state index contributed by atoms with van der Waals surface area (Å²) in [5, 5.41) is 4.36. The summed E-state index contributed by atoms with van der Waals surface area (Å²) in [5.74, 6) is 1.61. The number of benzene rings is 2. The molecular weight excluding hydrogens is 473 g/mol. The number of aryl methyl sites for hydroxylation is 1. The maximum absolute atomic E-state index is 13.6. The third-order valence-corrected chi connectivity index (χ3v) is 8.58. The van der Waals surface area contributed by atoms with Gasteiger partial charge in [0, 0.05) is 32.5 Å². The number of amides is 1. The Morgan fingerprint density at radius 1 is 1.08 bits per heavy atom. The minimum Gasteiger partial charge on any atom is -0.440 e. The highest BCUT2D eigenvalue weighted by Crippen LogP contribution is 2.37. The Balaban J connectivity index is 1.17. The summed E-state index contributed by atoms with van der Waals surface area (Å²) in [6, 6.07) is 14.8. The lowest BCUT2D eigenvalue weighted by atomic mass is 9.87. The van der Waals surface area contributed by atoms with Gasteiger partial charge in [0.2, 0.25) is 0 Å². The average molecular weight is 504 g/mol. The van der Waals surface area contributed by atoms with E-state index in [0.29, 0.717) is 34.8 Å². The fraction of sp³-hybridized carbons (Fsp3) is 0.379. The number of carbonyl (C=O) groups is 1. The Morgan fingerprint density at radius 3 is 2.64 bits per heavy atom. The fourth-order valence-electron chi connectivity index (χ4n) is 6.00. The summed E-state index contributed by atoms with van der Waals surface area (Å²) < 4.78 is 19.1. The first-order valence-corrected chi connectivity index (χ1v) is 13.6. The van der Waals surface area contributed by atoms with Crippen molar-refractivity contribution in [3.8, 4) is 0 Å². The Bertz CT molecular complexity index is 1340. The van der Waals surface area contributed by atoms with Gasteiger partial charge in [-0.15, -0.1) is 0 Å². The van der Waals surface area contributed by atoms with Gasteiger partial charge in [-0.1, -0.05) is 18.2 Å². The fourth-order valence-corrected chi connectivity index (χ4v) is 6.72. The molecule has 2 aliphatic heterocycles. The molecule has 4 aromatic rings. The van der Waals surface area contributed by atoms with Gasteiger partial charge < -0.3 is 14.2 Å². The van der Waals surface area contributed by atoms with Crippen LogP contribution in [0.15, 0.2) is 63.7 Å². The molecule has 0 aliphatic carbocycles. The first-order chi connectivity index (χ1) is 17.5. The number of halogens is 1. The highest BCUT2D eigenvalue weighted by atomic mass is 32.1. The van der Waals surface area contributed by atoms with Crippen LogP contribution < -0.4 is 0 Å². The zero-order valence-electron chi connectivity index (χ0n) is 20.4. The second-order valence-corrected chi connectivity index (χ2v) is 10.9. The number of carbonyl (C=O) groups excluding carboxylic acids is 1. The molecule has 7 heteroatoms. The molecule has 2 atom stereocenters. The molecule has 0 bridgehead atoms. The van der Waals surface area contributed by atoms with Crippen molar-refractivity contribution in [1.29, 1.82) is 0 Å². The van der Waals surface area contributed by atoms with E-state index >= 15 is 0 Å². The Kier molecular flexibility index (Phi) is 6.36. The predicted molar refractivity (Wildman–Crippen MR) is 140 cm³/mol. The molecule has 0 saturated carbocycles. The second-order valence-electron chi connectivity index (χ2n) is 10.1. The van der Waals surface area contributed by atoms with E-state index in [9.17, 15) is 9.18 Å². The van der Waals surface area contributed by atoms with E-state index in [1.54, 1.807) is 23.5 Å². The summed E-state index contributed by atoms with van der Waals surface area (Å²) in [4.78, 5) is 22.6. The molecular formula is C29H30FN3O2S. The minimum absolute atomic E-state index is 0.0227. The molecule has 2 saturated heterocycles. The molecule has 2 aliphatic rings. The molecule has 1 amide bonds. The van der Waals surface area contributed by atoms with Gasteiger partial charge in [0.15, 0.2) is 11.5 Å². The number of hydrogen-bond acceptors (Lipinski definition) is 5. The van der Waals surface area contributed by atoms with Gasteiger partial charge in [0.05, 0.1) is 5.56 Å². The lowest BCUT2D eigenvalue weighted by Gasteiger charge is -2.34. The van der Waals surface area contributed by atoms with E-state index in [4.69, 9.17) is 4.42 Å². The maximum atomic E-state index is 13.6. The average Bonchev–Trinajstić information content (AvgIpc) is 3.63. The van der Waals surface area contributed by atoms with E-state index in [1.165, 1.54) is 11.1 Å². The van der Waals surface area contributed by atoms with Gasteiger partial charge in [0.25, 0.3) is 5.91 Å². The third-order valence-electron chi connectivity index (χ3n) is 7.87. The number of rotatable bonds is 5. The number of para-hydroxylation sites is 1. The number of fused-ring (bicyclic) bond motifs is 1. The largest absolute Gasteiger partial charge is 0.440 e. The van der Waals surface area contributed by atoms with Gasteiger partial charge in [-0.3, -0.25) is 4.79 Å². The van der Waals surface area contributed by atoms with E-state index in [2.05, 4.69) is 26.7 Å². The number of oxazole rings is 1. The maximum Gasteiger partial charge on any atom is 0.257 e. The molecule has 5 nitrogen and oxygen atoms in total. The molecule has 0 radical (unpaired) electrons. The molecule has 2 aromatic heterocycles. The summed E-state index contributed by atoms with van der Waals surface area (Å²) in [6.07, 6.45) is 2.16. The van der Waals surface area contributed by atoms with Crippen LogP contribution in [0.5, 0.6) is 0 Å². The number of thiophene rings is 1. The summed E-state index contributed by atoms with van der Waals surface area (Å²) in [6.45, 7) is 6.30. The highest BCUT2D eigenvalue weighted by Gasteiger charge is 2.38. The number of hydrogen-bond donors (Lipinski definition) is 0. The standard InChI is InChI=1S/C29H30FN3O2S/c1-19-31-27-4-2-3-25(28(27)35-19)29(34)33-16-23(26(17-33)22-11-14-36-18-22)15-32-12-9-21(10-13-32)20-5-7-24(30)8-6-20/h2-8,11,14,18,21,23,26H,9-10,12-13,15-17H2,1H3. The van der Waals surface area contributed by atoms with Crippen molar-refractivity contribution in [1.82, 2.24) is 14.8 Å². The van der Waals surface area contributed by atoms with Gasteiger partial charge in [0.1, 0.15) is 11.3 Å². The molecule has 4 heterocycles. The Labute approximate surface area is 214 Å². The van der Waals surface area contributed by atoms with E-state index in [1.807, 2.05) is 42.2 Å². The number of piperidine rings is 1. The molecule has 2 unspecified atom stereocenters. The minimum atomic E-state index is -0.175. The van der Waals surface area contributed by atoms with Crippen molar-refractivity contribution in [2.45, 2.75) is 31.6 Å². The molecule has 0 N–H and O–H groups in total. The quantitative estimate of drug-likeness (QED) is 0.332. The van der Waals surface area contributed by atoms with Gasteiger partial charge >= 0.3 is 0 Å². The molecule has 36 heavy (non-hydrogen) atoms. The van der Waals surface area contributed by atoms with Crippen molar-refractivity contribution in [2.75, 3.05) is 32.7 Å². The van der Waals surface area contributed by atoms with Crippen molar-refractivity contribution in [3.05, 3.63) is 87.7 Å². The first kappa shape index (κ1) is 23.4. The highest BCUT2D eigenvalue weighted by molar-refractivity contribution is 7.08. The SMILES string of the molecule is Cc1nc2cccc(C(=O)N3CC(CN4CCC(c5ccc(F)cc5)CC4)C(c4ccsc4)C3)c2o1. The van der Waals surface area contributed by atoms with E-state index < -0.39 is 0 Å². The zero-order valence-corrected chi connectivity index (χ0v) is 21.2. The van der Waals surface area contributed by atoms with Crippen LogP contribution in [0.4, 0.5) is 4.39 Å². The van der Waals surface area contributed by atoms with E-state index in [-0.39, 0.29) is 11.7 Å². The predicted octanol–water partition coefficient (Wildman–Crippen LogP) is 6.07. The van der Waals surface area contributed by atoms with Gasteiger partial charge in [-0.2, -0.15) is 11.3 Å². The van der Waals surface area contributed by atoms with Crippen molar-refractivity contribution in [2.24, 2.45) is 5.92 Å². The monoisotopic (exact) mass is 503 g/mol. The van der Waals surface area contributed by atoms with Gasteiger partial charge in [-0.25, -0.2) is 9.37 Å². The second kappa shape index (κ2) is 9.79.